The molecule has 1 amide bonds. The Kier molecular flexibility index (Phi) is 5.01. The summed E-state index contributed by atoms with van der Waals surface area (Å²) in [6, 6.07) is 10.7. The average molecular weight is 378 g/mol. The van der Waals surface area contributed by atoms with Crippen LogP contribution in [0.3, 0.4) is 0 Å². The van der Waals surface area contributed by atoms with E-state index >= 15 is 0 Å². The zero-order valence-electron chi connectivity index (χ0n) is 13.9. The minimum Gasteiger partial charge on any atom is -0.497 e. The van der Waals surface area contributed by atoms with Gasteiger partial charge in [0.25, 0.3) is 5.91 Å². The van der Waals surface area contributed by atoms with Crippen LogP contribution in [0.15, 0.2) is 47.4 Å². The van der Waals surface area contributed by atoms with Crippen molar-refractivity contribution in [3.05, 3.63) is 48.0 Å². The summed E-state index contributed by atoms with van der Waals surface area (Å²) >= 11 is 0. The number of hydroxylamine groups is 1. The van der Waals surface area contributed by atoms with Gasteiger partial charge in [-0.25, -0.2) is 13.9 Å². The second-order valence-corrected chi connectivity index (χ2v) is 7.69. The fourth-order valence-electron chi connectivity index (χ4n) is 2.71. The van der Waals surface area contributed by atoms with Gasteiger partial charge in [0.2, 0.25) is 15.3 Å². The number of sulfone groups is 1. The largest absolute Gasteiger partial charge is 0.497 e. The molecule has 9 heteroatoms. The Bertz CT molecular complexity index is 911. The lowest BCUT2D eigenvalue weighted by atomic mass is 10.1. The number of rotatable bonds is 4. The van der Waals surface area contributed by atoms with Crippen molar-refractivity contribution < 1.29 is 27.9 Å². The third-order valence-corrected chi connectivity index (χ3v) is 6.00. The lowest BCUT2D eigenvalue weighted by Gasteiger charge is -2.18. The first-order valence-corrected chi connectivity index (χ1v) is 9.38. The first-order valence-electron chi connectivity index (χ1n) is 7.83. The van der Waals surface area contributed by atoms with E-state index in [-0.39, 0.29) is 29.2 Å². The van der Waals surface area contributed by atoms with Gasteiger partial charge in [0.15, 0.2) is 0 Å². The Morgan fingerprint density at radius 1 is 1.27 bits per heavy atom. The number of para-hydroxylation sites is 1. The molecule has 26 heavy (non-hydrogen) atoms. The molecule has 2 aromatic carbocycles. The minimum absolute atomic E-state index is 0.121. The highest BCUT2D eigenvalue weighted by atomic mass is 32.2. The number of ether oxygens (including phenoxy) is 2. The number of hydrogen-bond acceptors (Lipinski definition) is 7. The SMILES string of the molecule is COc1ccc(S(=O)(=O)C2CCNc3c(cccc3C(=O)NO)O2)cc1. The van der Waals surface area contributed by atoms with E-state index in [0.29, 0.717) is 11.4 Å². The van der Waals surface area contributed by atoms with Gasteiger partial charge >= 0.3 is 0 Å². The molecule has 3 N–H and O–H groups in total. The normalized spacial score (nSPS) is 16.5. The predicted octanol–water partition coefficient (Wildman–Crippen LogP) is 1.81. The summed E-state index contributed by atoms with van der Waals surface area (Å²) in [6.45, 7) is 0.281. The molecule has 8 nitrogen and oxygen atoms in total. The van der Waals surface area contributed by atoms with Gasteiger partial charge in [-0.3, -0.25) is 10.0 Å². The zero-order chi connectivity index (χ0) is 18.7. The molecule has 0 aromatic heterocycles. The molecule has 3 rings (SSSR count). The predicted molar refractivity (Wildman–Crippen MR) is 93.4 cm³/mol. The van der Waals surface area contributed by atoms with Crippen molar-refractivity contribution in [1.29, 1.82) is 0 Å². The fraction of sp³-hybridized carbons (Fsp3) is 0.235. The molecule has 1 heterocycles. The Labute approximate surface area is 150 Å². The molecule has 0 bridgehead atoms. The molecule has 0 radical (unpaired) electrons. The first-order chi connectivity index (χ1) is 12.5. The second-order valence-electron chi connectivity index (χ2n) is 5.60. The van der Waals surface area contributed by atoms with Crippen LogP contribution in [-0.4, -0.2) is 38.6 Å². The highest BCUT2D eigenvalue weighted by Crippen LogP contribution is 2.34. The minimum atomic E-state index is -3.76. The second kappa shape index (κ2) is 7.22. The topological polar surface area (TPSA) is 114 Å². The molecule has 2 aromatic rings. The number of amides is 1. The van der Waals surface area contributed by atoms with Crippen molar-refractivity contribution >= 4 is 21.4 Å². The average Bonchev–Trinajstić information content (AvgIpc) is 2.90. The van der Waals surface area contributed by atoms with Crippen molar-refractivity contribution in [2.45, 2.75) is 16.8 Å². The summed E-state index contributed by atoms with van der Waals surface area (Å²) in [5.74, 6) is 0.0671. The number of methoxy groups -OCH3 is 1. The summed E-state index contributed by atoms with van der Waals surface area (Å²) < 4.78 is 36.6. The first kappa shape index (κ1) is 18.0. The Balaban J connectivity index is 1.94. The van der Waals surface area contributed by atoms with Crippen LogP contribution < -0.4 is 20.3 Å². The number of hydrogen-bond donors (Lipinski definition) is 3. The highest BCUT2D eigenvalue weighted by molar-refractivity contribution is 7.92. The van der Waals surface area contributed by atoms with Crippen LogP contribution in [0.4, 0.5) is 5.69 Å². The van der Waals surface area contributed by atoms with Gasteiger partial charge in [0.1, 0.15) is 11.5 Å². The van der Waals surface area contributed by atoms with Crippen molar-refractivity contribution in [2.24, 2.45) is 0 Å². The molecular formula is C17H18N2O6S. The van der Waals surface area contributed by atoms with Gasteiger partial charge in [0, 0.05) is 13.0 Å². The van der Waals surface area contributed by atoms with Crippen LogP contribution in [0.25, 0.3) is 0 Å². The van der Waals surface area contributed by atoms with Crippen LogP contribution in [-0.2, 0) is 9.84 Å². The van der Waals surface area contributed by atoms with E-state index in [1.807, 2.05) is 0 Å². The Morgan fingerprint density at radius 2 is 2.00 bits per heavy atom. The molecule has 0 spiro atoms. The maximum absolute atomic E-state index is 12.9. The van der Waals surface area contributed by atoms with Gasteiger partial charge in [-0.1, -0.05) is 6.07 Å². The smallest absolute Gasteiger partial charge is 0.276 e. The molecule has 0 saturated carbocycles. The Morgan fingerprint density at radius 3 is 2.65 bits per heavy atom. The quantitative estimate of drug-likeness (QED) is 0.549. The van der Waals surface area contributed by atoms with Gasteiger partial charge in [-0.15, -0.1) is 0 Å². The molecular weight excluding hydrogens is 360 g/mol. The van der Waals surface area contributed by atoms with Crippen LogP contribution >= 0.6 is 0 Å². The molecule has 1 aliphatic heterocycles. The summed E-state index contributed by atoms with van der Waals surface area (Å²) in [6.07, 6.45) is 0.184. The number of nitrogens with one attached hydrogen (secondary N) is 2. The number of benzene rings is 2. The molecule has 1 aliphatic rings. The monoisotopic (exact) mass is 378 g/mol. The van der Waals surface area contributed by atoms with Crippen molar-refractivity contribution in [2.75, 3.05) is 19.0 Å². The van der Waals surface area contributed by atoms with E-state index < -0.39 is 21.2 Å². The van der Waals surface area contributed by atoms with Gasteiger partial charge < -0.3 is 14.8 Å². The van der Waals surface area contributed by atoms with E-state index in [9.17, 15) is 13.2 Å². The van der Waals surface area contributed by atoms with Crippen molar-refractivity contribution in [3.63, 3.8) is 0 Å². The molecule has 1 atom stereocenters. The van der Waals surface area contributed by atoms with Gasteiger partial charge in [-0.2, -0.15) is 0 Å². The molecule has 0 saturated heterocycles. The third kappa shape index (κ3) is 3.31. The van der Waals surface area contributed by atoms with E-state index in [0.717, 1.165) is 0 Å². The highest BCUT2D eigenvalue weighted by Gasteiger charge is 2.32. The van der Waals surface area contributed by atoms with Crippen molar-refractivity contribution in [3.8, 4) is 11.5 Å². The van der Waals surface area contributed by atoms with Gasteiger partial charge in [0.05, 0.1) is 23.3 Å². The lowest BCUT2D eigenvalue weighted by Crippen LogP contribution is -2.28. The van der Waals surface area contributed by atoms with E-state index in [2.05, 4.69) is 5.32 Å². The van der Waals surface area contributed by atoms with E-state index in [1.165, 1.54) is 25.3 Å². The van der Waals surface area contributed by atoms with E-state index in [1.54, 1.807) is 29.7 Å². The maximum Gasteiger partial charge on any atom is 0.276 e. The Hall–Kier alpha value is -2.78. The number of carbonyl (C=O) groups excluding carboxylic acids is 1. The maximum atomic E-state index is 12.9. The van der Waals surface area contributed by atoms with Crippen LogP contribution in [0.5, 0.6) is 11.5 Å². The molecule has 1 unspecified atom stereocenters. The standard InChI is InChI=1S/C17H18N2O6S/c1-24-11-5-7-12(8-6-11)26(22,23)15-9-10-18-16-13(17(20)19-21)3-2-4-14(16)25-15/h2-8,15,18,21H,9-10H2,1H3,(H,19,20). The van der Waals surface area contributed by atoms with Gasteiger partial charge in [-0.05, 0) is 36.4 Å². The third-order valence-electron chi connectivity index (χ3n) is 4.05. The summed E-state index contributed by atoms with van der Waals surface area (Å²) in [5.41, 5.74) is 0.951. The van der Waals surface area contributed by atoms with Crippen LogP contribution in [0.2, 0.25) is 0 Å². The van der Waals surface area contributed by atoms with Crippen LogP contribution in [0, 0.1) is 0 Å². The summed E-state index contributed by atoms with van der Waals surface area (Å²) in [5, 5.41) is 11.9. The number of anilines is 1. The molecule has 0 aliphatic carbocycles. The summed E-state index contributed by atoms with van der Waals surface area (Å²) in [4.78, 5) is 11.9. The zero-order valence-corrected chi connectivity index (χ0v) is 14.7. The fourth-order valence-corrected chi connectivity index (χ4v) is 4.19. The summed E-state index contributed by atoms with van der Waals surface area (Å²) in [7, 11) is -2.26. The lowest BCUT2D eigenvalue weighted by molar-refractivity contribution is 0.0707. The molecule has 0 fully saturated rings. The number of fused-ring (bicyclic) bond motifs is 1. The van der Waals surface area contributed by atoms with Crippen molar-refractivity contribution in [1.82, 2.24) is 5.48 Å². The molecule has 138 valence electrons. The number of carbonyl (C=O) groups is 1. The van der Waals surface area contributed by atoms with E-state index in [4.69, 9.17) is 14.7 Å². The van der Waals surface area contributed by atoms with Crippen LogP contribution in [0.1, 0.15) is 16.8 Å².